The van der Waals surface area contributed by atoms with Crippen molar-refractivity contribution in [2.45, 2.75) is 56.6 Å². The van der Waals surface area contributed by atoms with E-state index in [4.69, 9.17) is 0 Å². The summed E-state index contributed by atoms with van der Waals surface area (Å²) in [4.78, 5) is 34.6. The van der Waals surface area contributed by atoms with Crippen LogP contribution in [0.3, 0.4) is 0 Å². The first-order valence-electron chi connectivity index (χ1n) is 13.0. The fraction of sp³-hybridized carbons (Fsp3) is 0.464. The molecule has 3 aliphatic rings. The third-order valence-electron chi connectivity index (χ3n) is 8.12. The van der Waals surface area contributed by atoms with Gasteiger partial charge in [0.15, 0.2) is 5.82 Å². The smallest absolute Gasteiger partial charge is 0.290 e. The SMILES string of the molecule is Cn1c(C(=O)N2CCN(C3CCC(O)CC3)C(=O)C2)nc2c(-c3ccc(F)cc3F)cc(C3CC3)cc21. The number of halogens is 2. The van der Waals surface area contributed by atoms with E-state index in [0.717, 1.165) is 37.3 Å². The van der Waals surface area contributed by atoms with Crippen LogP contribution in [0.4, 0.5) is 8.78 Å². The van der Waals surface area contributed by atoms with Gasteiger partial charge < -0.3 is 19.5 Å². The van der Waals surface area contributed by atoms with E-state index in [1.807, 2.05) is 17.0 Å². The lowest BCUT2D eigenvalue weighted by molar-refractivity contribution is -0.138. The summed E-state index contributed by atoms with van der Waals surface area (Å²) in [5.74, 6) is -1.19. The summed E-state index contributed by atoms with van der Waals surface area (Å²) in [7, 11) is 1.76. The second-order valence-corrected chi connectivity index (χ2v) is 10.6. The normalized spacial score (nSPS) is 22.6. The Labute approximate surface area is 213 Å². The number of aliphatic hydroxyl groups excluding tert-OH is 1. The Morgan fingerprint density at radius 1 is 1.00 bits per heavy atom. The quantitative estimate of drug-likeness (QED) is 0.578. The molecule has 6 rings (SSSR count). The van der Waals surface area contributed by atoms with E-state index < -0.39 is 11.6 Å². The van der Waals surface area contributed by atoms with E-state index in [0.29, 0.717) is 48.4 Å². The van der Waals surface area contributed by atoms with Crippen LogP contribution in [0.5, 0.6) is 0 Å². The minimum Gasteiger partial charge on any atom is -0.393 e. The van der Waals surface area contributed by atoms with E-state index >= 15 is 0 Å². The van der Waals surface area contributed by atoms with Gasteiger partial charge in [-0.3, -0.25) is 9.59 Å². The zero-order valence-electron chi connectivity index (χ0n) is 20.8. The van der Waals surface area contributed by atoms with Crippen LogP contribution in [0.2, 0.25) is 0 Å². The lowest BCUT2D eigenvalue weighted by Crippen LogP contribution is -2.56. The van der Waals surface area contributed by atoms with Crippen molar-refractivity contribution in [2.75, 3.05) is 19.6 Å². The zero-order valence-corrected chi connectivity index (χ0v) is 20.8. The molecule has 0 bridgehead atoms. The van der Waals surface area contributed by atoms with Gasteiger partial charge in [-0.1, -0.05) is 0 Å². The number of piperazine rings is 1. The summed E-state index contributed by atoms with van der Waals surface area (Å²) >= 11 is 0. The van der Waals surface area contributed by atoms with Crippen molar-refractivity contribution in [3.05, 3.63) is 53.4 Å². The lowest BCUT2D eigenvalue weighted by atomic mass is 9.91. The van der Waals surface area contributed by atoms with Crippen LogP contribution in [-0.4, -0.2) is 68.1 Å². The van der Waals surface area contributed by atoms with Gasteiger partial charge in [0.05, 0.1) is 17.1 Å². The van der Waals surface area contributed by atoms with Gasteiger partial charge in [-0.15, -0.1) is 0 Å². The van der Waals surface area contributed by atoms with Gasteiger partial charge in [0.1, 0.15) is 18.2 Å². The highest BCUT2D eigenvalue weighted by atomic mass is 19.1. The lowest BCUT2D eigenvalue weighted by Gasteiger charge is -2.41. The minimum absolute atomic E-state index is 0.0200. The Bertz CT molecular complexity index is 1390. The topological polar surface area (TPSA) is 78.7 Å². The van der Waals surface area contributed by atoms with Gasteiger partial charge >= 0.3 is 0 Å². The maximum Gasteiger partial charge on any atom is 0.290 e. The summed E-state index contributed by atoms with van der Waals surface area (Å²) < 4.78 is 30.2. The third-order valence-corrected chi connectivity index (χ3v) is 8.12. The van der Waals surface area contributed by atoms with Crippen molar-refractivity contribution in [3.8, 4) is 11.1 Å². The molecule has 7 nitrogen and oxygen atoms in total. The summed E-state index contributed by atoms with van der Waals surface area (Å²) in [6, 6.07) is 7.51. The number of nitrogens with zero attached hydrogens (tertiary/aromatic N) is 4. The average molecular weight is 509 g/mol. The molecule has 0 radical (unpaired) electrons. The molecule has 2 aromatic carbocycles. The molecule has 2 aliphatic carbocycles. The standard InChI is InChI=1S/C28H30F2N4O3/c1-32-24-13-17(16-2-3-16)12-22(21-9-4-18(29)14-23(21)30)26(24)31-27(32)28(37)33-10-11-34(25(36)15-33)19-5-7-20(35)8-6-19/h4,9,12-14,16,19-20,35H,2-3,5-8,10-11,15H2,1H3. The molecule has 2 heterocycles. The number of rotatable bonds is 4. The molecule has 2 saturated carbocycles. The second-order valence-electron chi connectivity index (χ2n) is 10.6. The van der Waals surface area contributed by atoms with E-state index in [2.05, 4.69) is 4.98 Å². The molecule has 1 aliphatic heterocycles. The molecular formula is C28H30F2N4O3. The van der Waals surface area contributed by atoms with Crippen molar-refractivity contribution >= 4 is 22.8 Å². The van der Waals surface area contributed by atoms with Crippen LogP contribution in [0, 0.1) is 11.6 Å². The number of amides is 2. The Balaban J connectivity index is 1.31. The highest BCUT2D eigenvalue weighted by Crippen LogP contribution is 2.43. The fourth-order valence-corrected chi connectivity index (χ4v) is 5.82. The molecule has 2 amide bonds. The minimum atomic E-state index is -0.676. The molecule has 0 atom stereocenters. The van der Waals surface area contributed by atoms with Crippen molar-refractivity contribution in [2.24, 2.45) is 7.05 Å². The van der Waals surface area contributed by atoms with Crippen molar-refractivity contribution < 1.29 is 23.5 Å². The zero-order chi connectivity index (χ0) is 25.8. The highest BCUT2D eigenvalue weighted by Gasteiger charge is 2.35. The molecular weight excluding hydrogens is 478 g/mol. The first kappa shape index (κ1) is 24.0. The summed E-state index contributed by atoms with van der Waals surface area (Å²) in [5, 5.41) is 9.79. The Morgan fingerprint density at radius 3 is 2.43 bits per heavy atom. The molecule has 0 unspecified atom stereocenters. The third kappa shape index (κ3) is 4.39. The van der Waals surface area contributed by atoms with Gasteiger partial charge in [-0.05, 0) is 74.3 Å². The number of aryl methyl sites for hydroxylation is 1. The second kappa shape index (κ2) is 9.20. The van der Waals surface area contributed by atoms with Crippen molar-refractivity contribution in [1.29, 1.82) is 0 Å². The number of carbonyl (C=O) groups is 2. The monoisotopic (exact) mass is 508 g/mol. The Hall–Kier alpha value is -3.33. The number of aliphatic hydroxyl groups is 1. The fourth-order valence-electron chi connectivity index (χ4n) is 5.82. The van der Waals surface area contributed by atoms with Crippen LogP contribution in [-0.2, 0) is 11.8 Å². The van der Waals surface area contributed by atoms with E-state index in [9.17, 15) is 23.5 Å². The maximum absolute atomic E-state index is 14.8. The molecule has 37 heavy (non-hydrogen) atoms. The number of imidazole rings is 1. The maximum atomic E-state index is 14.8. The Morgan fingerprint density at radius 2 is 1.76 bits per heavy atom. The van der Waals surface area contributed by atoms with Crippen molar-refractivity contribution in [1.82, 2.24) is 19.4 Å². The number of hydrogen-bond acceptors (Lipinski definition) is 4. The van der Waals surface area contributed by atoms with Crippen LogP contribution < -0.4 is 0 Å². The first-order chi connectivity index (χ1) is 17.8. The first-order valence-corrected chi connectivity index (χ1v) is 13.0. The van der Waals surface area contributed by atoms with E-state index in [1.165, 1.54) is 17.0 Å². The van der Waals surface area contributed by atoms with Gasteiger partial charge in [0.25, 0.3) is 5.91 Å². The Kier molecular flexibility index (Phi) is 5.98. The van der Waals surface area contributed by atoms with Crippen LogP contribution >= 0.6 is 0 Å². The molecule has 9 heteroatoms. The molecule has 194 valence electrons. The number of carbonyl (C=O) groups excluding carboxylic acids is 2. The highest BCUT2D eigenvalue weighted by molar-refractivity contribution is 6.01. The van der Waals surface area contributed by atoms with Gasteiger partial charge in [-0.25, -0.2) is 13.8 Å². The number of benzene rings is 2. The molecule has 1 aromatic heterocycles. The number of hydrogen-bond donors (Lipinski definition) is 1. The average Bonchev–Trinajstić information content (AvgIpc) is 3.68. The molecule has 0 spiro atoms. The van der Waals surface area contributed by atoms with E-state index in [1.54, 1.807) is 11.6 Å². The largest absolute Gasteiger partial charge is 0.393 e. The molecule has 1 saturated heterocycles. The van der Waals surface area contributed by atoms with E-state index in [-0.39, 0.29) is 41.9 Å². The van der Waals surface area contributed by atoms with Crippen molar-refractivity contribution in [3.63, 3.8) is 0 Å². The van der Waals surface area contributed by atoms with Crippen LogP contribution in [0.15, 0.2) is 30.3 Å². The summed E-state index contributed by atoms with van der Waals surface area (Å²) in [6.45, 7) is 0.834. The molecule has 1 N–H and O–H groups in total. The van der Waals surface area contributed by atoms with Crippen LogP contribution in [0.25, 0.3) is 22.2 Å². The summed E-state index contributed by atoms with van der Waals surface area (Å²) in [6.07, 6.45) is 4.74. The van der Waals surface area contributed by atoms with Crippen LogP contribution in [0.1, 0.15) is 60.6 Å². The number of fused-ring (bicyclic) bond motifs is 1. The molecule has 3 fully saturated rings. The van der Waals surface area contributed by atoms with Gasteiger partial charge in [-0.2, -0.15) is 0 Å². The van der Waals surface area contributed by atoms with Gasteiger partial charge in [0.2, 0.25) is 5.91 Å². The van der Waals surface area contributed by atoms with Gasteiger partial charge in [0, 0.05) is 43.4 Å². The number of aromatic nitrogens is 2. The summed E-state index contributed by atoms with van der Waals surface area (Å²) in [5.41, 5.74) is 3.01. The predicted octanol–water partition coefficient (Wildman–Crippen LogP) is 3.98. The predicted molar refractivity (Wildman–Crippen MR) is 134 cm³/mol. The molecule has 3 aromatic rings.